The predicted molar refractivity (Wildman–Crippen MR) is 94.3 cm³/mol. The third-order valence-corrected chi connectivity index (χ3v) is 4.52. The molecule has 0 radical (unpaired) electrons. The first-order chi connectivity index (χ1) is 11.9. The van der Waals surface area contributed by atoms with E-state index in [4.69, 9.17) is 10.5 Å². The molecular formula is C17H13F2IN2O3. The van der Waals surface area contributed by atoms with Crippen molar-refractivity contribution in [3.8, 4) is 5.75 Å². The molecule has 8 heteroatoms. The van der Waals surface area contributed by atoms with E-state index in [0.29, 0.717) is 0 Å². The van der Waals surface area contributed by atoms with E-state index in [1.165, 1.54) is 17.0 Å². The van der Waals surface area contributed by atoms with E-state index in [2.05, 4.69) is 0 Å². The predicted octanol–water partition coefficient (Wildman–Crippen LogP) is 2.70. The van der Waals surface area contributed by atoms with Crippen LogP contribution in [0.2, 0.25) is 0 Å². The maximum atomic E-state index is 14.1. The average Bonchev–Trinajstić information content (AvgIpc) is 2.76. The zero-order valence-electron chi connectivity index (χ0n) is 12.9. The first-order valence-corrected chi connectivity index (χ1v) is 8.44. The Hall–Kier alpha value is -2.23. The van der Waals surface area contributed by atoms with Crippen LogP contribution >= 0.6 is 22.6 Å². The van der Waals surface area contributed by atoms with Crippen LogP contribution in [0.4, 0.5) is 8.78 Å². The zero-order valence-corrected chi connectivity index (χ0v) is 15.0. The molecule has 0 saturated carbocycles. The number of primary amides is 1. The lowest BCUT2D eigenvalue weighted by Gasteiger charge is -2.21. The number of hydrogen-bond acceptors (Lipinski definition) is 3. The second-order valence-corrected chi connectivity index (χ2v) is 6.74. The highest BCUT2D eigenvalue weighted by Crippen LogP contribution is 2.28. The van der Waals surface area contributed by atoms with Crippen LogP contribution in [0.1, 0.15) is 26.3 Å². The molecule has 1 aliphatic heterocycles. The molecule has 0 aromatic heterocycles. The first-order valence-electron chi connectivity index (χ1n) is 7.36. The molecular weight excluding hydrogens is 445 g/mol. The molecule has 0 spiro atoms. The van der Waals surface area contributed by atoms with Gasteiger partial charge in [0.15, 0.2) is 0 Å². The monoisotopic (exact) mass is 458 g/mol. The molecule has 2 amide bonds. The molecule has 2 N–H and O–H groups in total. The van der Waals surface area contributed by atoms with Gasteiger partial charge in [0.25, 0.3) is 5.91 Å². The van der Waals surface area contributed by atoms with E-state index in [9.17, 15) is 18.4 Å². The molecule has 0 aliphatic carbocycles. The summed E-state index contributed by atoms with van der Waals surface area (Å²) >= 11 is 2.01. The fourth-order valence-electron chi connectivity index (χ4n) is 2.65. The van der Waals surface area contributed by atoms with Crippen LogP contribution < -0.4 is 10.5 Å². The van der Waals surface area contributed by atoms with Gasteiger partial charge in [0.2, 0.25) is 5.91 Å². The van der Waals surface area contributed by atoms with Crippen molar-refractivity contribution in [1.82, 2.24) is 4.90 Å². The number of hydrogen-bond donors (Lipinski definition) is 1. The van der Waals surface area contributed by atoms with Crippen molar-refractivity contribution in [3.05, 3.63) is 62.2 Å². The largest absolute Gasteiger partial charge is 0.491 e. The average molecular weight is 458 g/mol. The van der Waals surface area contributed by atoms with Gasteiger partial charge in [-0.2, -0.15) is 0 Å². The summed E-state index contributed by atoms with van der Waals surface area (Å²) in [5.74, 6) is -2.64. The standard InChI is InChI=1S/C17H13F2IN2O3/c18-9-5-14(19)13-8-22(3-4-25-15(13)6-9)17(24)11-2-1-10(20)7-12(11)16(21)23/h1-2,5-7H,3-4,8H2,(H2,21,23). The van der Waals surface area contributed by atoms with Gasteiger partial charge in [-0.3, -0.25) is 9.59 Å². The van der Waals surface area contributed by atoms with Crippen molar-refractivity contribution in [2.24, 2.45) is 5.73 Å². The van der Waals surface area contributed by atoms with Gasteiger partial charge in [0.05, 0.1) is 24.2 Å². The molecule has 0 unspecified atom stereocenters. The highest BCUT2D eigenvalue weighted by molar-refractivity contribution is 14.1. The van der Waals surface area contributed by atoms with E-state index in [-0.39, 0.29) is 42.1 Å². The van der Waals surface area contributed by atoms with Crippen LogP contribution in [-0.4, -0.2) is 29.9 Å². The van der Waals surface area contributed by atoms with Gasteiger partial charge < -0.3 is 15.4 Å². The minimum Gasteiger partial charge on any atom is -0.491 e. The smallest absolute Gasteiger partial charge is 0.255 e. The summed E-state index contributed by atoms with van der Waals surface area (Å²) < 4.78 is 33.5. The van der Waals surface area contributed by atoms with Crippen LogP contribution in [0.15, 0.2) is 30.3 Å². The van der Waals surface area contributed by atoms with Crippen LogP contribution in [0.25, 0.3) is 0 Å². The second kappa shape index (κ2) is 6.95. The molecule has 1 aliphatic rings. The number of carbonyl (C=O) groups excluding carboxylic acids is 2. The van der Waals surface area contributed by atoms with Gasteiger partial charge in [-0.1, -0.05) is 0 Å². The molecule has 1 heterocycles. The summed E-state index contributed by atoms with van der Waals surface area (Å²) in [6.07, 6.45) is 0. The fraction of sp³-hybridized carbons (Fsp3) is 0.176. The number of halogens is 3. The van der Waals surface area contributed by atoms with Gasteiger partial charge in [0, 0.05) is 21.3 Å². The first kappa shape index (κ1) is 17.6. The molecule has 130 valence electrons. The molecule has 25 heavy (non-hydrogen) atoms. The lowest BCUT2D eigenvalue weighted by Crippen LogP contribution is -2.34. The molecule has 2 aromatic rings. The SMILES string of the molecule is NC(=O)c1cc(I)ccc1C(=O)N1CCOc2cc(F)cc(F)c2C1. The second-order valence-electron chi connectivity index (χ2n) is 5.49. The van der Waals surface area contributed by atoms with Crippen LogP contribution in [-0.2, 0) is 6.54 Å². The lowest BCUT2D eigenvalue weighted by molar-refractivity contribution is 0.0727. The number of ether oxygens (including phenoxy) is 1. The lowest BCUT2D eigenvalue weighted by atomic mass is 10.1. The summed E-state index contributed by atoms with van der Waals surface area (Å²) in [6, 6.07) is 6.55. The number of rotatable bonds is 2. The summed E-state index contributed by atoms with van der Waals surface area (Å²) in [6.45, 7) is 0.154. The molecule has 3 rings (SSSR count). The highest BCUT2D eigenvalue weighted by atomic mass is 127. The fourth-order valence-corrected chi connectivity index (χ4v) is 3.14. The summed E-state index contributed by atoms with van der Waals surface area (Å²) in [5.41, 5.74) is 5.69. The Balaban J connectivity index is 1.97. The molecule has 0 saturated heterocycles. The van der Waals surface area contributed by atoms with Crippen molar-refractivity contribution < 1.29 is 23.1 Å². The maximum Gasteiger partial charge on any atom is 0.255 e. The summed E-state index contributed by atoms with van der Waals surface area (Å²) in [5, 5.41) is 0. The van der Waals surface area contributed by atoms with Crippen molar-refractivity contribution in [2.45, 2.75) is 6.54 Å². The number of amides is 2. The number of nitrogens with zero attached hydrogens (tertiary/aromatic N) is 1. The van der Waals surface area contributed by atoms with Gasteiger partial charge in [-0.15, -0.1) is 0 Å². The summed E-state index contributed by atoms with van der Waals surface area (Å²) in [7, 11) is 0. The minimum atomic E-state index is -0.785. The Kier molecular flexibility index (Phi) is 4.89. The van der Waals surface area contributed by atoms with Gasteiger partial charge in [0.1, 0.15) is 24.0 Å². The highest BCUT2D eigenvalue weighted by Gasteiger charge is 2.26. The topological polar surface area (TPSA) is 72.6 Å². The molecule has 0 bridgehead atoms. The molecule has 0 fully saturated rings. The molecule has 2 aromatic carbocycles. The van der Waals surface area contributed by atoms with Crippen molar-refractivity contribution >= 4 is 34.4 Å². The third kappa shape index (κ3) is 3.58. The number of carbonyl (C=O) groups is 2. The summed E-state index contributed by atoms with van der Waals surface area (Å²) in [4.78, 5) is 25.8. The van der Waals surface area contributed by atoms with Crippen molar-refractivity contribution in [2.75, 3.05) is 13.2 Å². The third-order valence-electron chi connectivity index (χ3n) is 3.85. The van der Waals surface area contributed by atoms with Crippen molar-refractivity contribution in [3.63, 3.8) is 0 Å². The molecule has 0 atom stereocenters. The minimum absolute atomic E-state index is 0.0746. The van der Waals surface area contributed by atoms with E-state index in [1.807, 2.05) is 22.6 Å². The van der Waals surface area contributed by atoms with E-state index in [0.717, 1.165) is 15.7 Å². The molecule has 5 nitrogen and oxygen atoms in total. The van der Waals surface area contributed by atoms with E-state index >= 15 is 0 Å². The Morgan fingerprint density at radius 1 is 1.16 bits per heavy atom. The Morgan fingerprint density at radius 3 is 2.64 bits per heavy atom. The van der Waals surface area contributed by atoms with E-state index in [1.54, 1.807) is 6.07 Å². The Morgan fingerprint density at radius 2 is 1.92 bits per heavy atom. The van der Waals surface area contributed by atoms with Crippen LogP contribution in [0.5, 0.6) is 5.75 Å². The van der Waals surface area contributed by atoms with E-state index < -0.39 is 23.4 Å². The zero-order chi connectivity index (χ0) is 18.1. The van der Waals surface area contributed by atoms with Gasteiger partial charge in [-0.25, -0.2) is 8.78 Å². The number of nitrogens with two attached hydrogens (primary N) is 1. The number of benzene rings is 2. The quantitative estimate of drug-likeness (QED) is 0.704. The number of fused-ring (bicyclic) bond motifs is 1. The van der Waals surface area contributed by atoms with Crippen molar-refractivity contribution in [1.29, 1.82) is 0 Å². The van der Waals surface area contributed by atoms with Gasteiger partial charge in [-0.05, 0) is 40.8 Å². The Bertz CT molecular complexity index is 873. The van der Waals surface area contributed by atoms with Gasteiger partial charge >= 0.3 is 0 Å². The maximum absolute atomic E-state index is 14.1. The normalized spacial score (nSPS) is 13.6. The van der Waals surface area contributed by atoms with Crippen LogP contribution in [0.3, 0.4) is 0 Å². The van der Waals surface area contributed by atoms with Crippen LogP contribution in [0, 0.1) is 15.2 Å². The Labute approximate surface area is 155 Å².